The van der Waals surface area contributed by atoms with Crippen LogP contribution in [0.25, 0.3) is 0 Å². The van der Waals surface area contributed by atoms with E-state index < -0.39 is 0 Å². The second-order valence-corrected chi connectivity index (χ2v) is 7.13. The van der Waals surface area contributed by atoms with Crippen molar-refractivity contribution >= 4 is 39.9 Å². The number of nitrogens with zero attached hydrogens (tertiary/aromatic N) is 2. The van der Waals surface area contributed by atoms with E-state index in [0.29, 0.717) is 0 Å². The molecule has 0 saturated carbocycles. The molecule has 1 heterocycles. The van der Waals surface area contributed by atoms with Gasteiger partial charge in [0.15, 0.2) is 5.17 Å². The molecular formula is C20H23N5OS. The van der Waals surface area contributed by atoms with Gasteiger partial charge in [0.2, 0.25) is 0 Å². The molecule has 3 rings (SSSR count). The van der Waals surface area contributed by atoms with Gasteiger partial charge in [-0.15, -0.1) is 0 Å². The van der Waals surface area contributed by atoms with E-state index in [0.717, 1.165) is 46.5 Å². The second-order valence-electron chi connectivity index (χ2n) is 6.04. The SMILES string of the molecule is C/C(=N/NC(=O)CNc1ccccc1)c1ccc(NC2=NCCCS2)cc1. The number of benzene rings is 2. The summed E-state index contributed by atoms with van der Waals surface area (Å²) in [5.74, 6) is 0.915. The molecule has 0 saturated heterocycles. The van der Waals surface area contributed by atoms with Crippen molar-refractivity contribution in [2.75, 3.05) is 29.5 Å². The molecule has 0 atom stereocenters. The number of rotatable bonds is 6. The molecule has 6 nitrogen and oxygen atoms in total. The molecule has 2 aromatic rings. The number of para-hydroxylation sites is 1. The standard InChI is InChI=1S/C20H23N5OS/c1-15(24-25-19(26)14-22-17-6-3-2-4-7-17)16-8-10-18(11-9-16)23-20-21-12-5-13-27-20/h2-4,6-11,22H,5,12-14H2,1H3,(H,21,23)(H,25,26)/b24-15-. The van der Waals surface area contributed by atoms with Gasteiger partial charge < -0.3 is 10.6 Å². The highest BCUT2D eigenvalue weighted by Crippen LogP contribution is 2.17. The first-order valence-corrected chi connectivity index (χ1v) is 9.86. The Kier molecular flexibility index (Phi) is 6.87. The fraction of sp³-hybridized carbons (Fsp3) is 0.250. The van der Waals surface area contributed by atoms with Crippen molar-refractivity contribution in [3.8, 4) is 0 Å². The van der Waals surface area contributed by atoms with E-state index in [4.69, 9.17) is 0 Å². The molecule has 27 heavy (non-hydrogen) atoms. The van der Waals surface area contributed by atoms with Crippen LogP contribution in [0.2, 0.25) is 0 Å². The van der Waals surface area contributed by atoms with E-state index in [1.54, 1.807) is 11.8 Å². The summed E-state index contributed by atoms with van der Waals surface area (Å²) >= 11 is 1.74. The monoisotopic (exact) mass is 381 g/mol. The fourth-order valence-electron chi connectivity index (χ4n) is 2.44. The lowest BCUT2D eigenvalue weighted by Gasteiger charge is -2.13. The lowest BCUT2D eigenvalue weighted by atomic mass is 10.1. The number of thioether (sulfide) groups is 1. The number of amidine groups is 1. The minimum Gasteiger partial charge on any atom is -0.376 e. The summed E-state index contributed by atoms with van der Waals surface area (Å²) in [6, 6.07) is 17.5. The second kappa shape index (κ2) is 9.78. The van der Waals surface area contributed by atoms with Gasteiger partial charge in [-0.2, -0.15) is 5.10 Å². The molecule has 1 aliphatic heterocycles. The molecule has 140 valence electrons. The van der Waals surface area contributed by atoms with Crippen LogP contribution >= 0.6 is 11.8 Å². The van der Waals surface area contributed by atoms with Gasteiger partial charge in [0, 0.05) is 23.7 Å². The third kappa shape index (κ3) is 6.14. The molecule has 7 heteroatoms. The van der Waals surface area contributed by atoms with Crippen molar-refractivity contribution < 1.29 is 4.79 Å². The Bertz CT molecular complexity index is 818. The number of anilines is 2. The van der Waals surface area contributed by atoms with Crippen molar-refractivity contribution in [1.29, 1.82) is 0 Å². The molecule has 0 bridgehead atoms. The van der Waals surface area contributed by atoms with Crippen molar-refractivity contribution in [3.05, 3.63) is 60.2 Å². The Hall–Kier alpha value is -2.80. The number of hydrogen-bond acceptors (Lipinski definition) is 6. The highest BCUT2D eigenvalue weighted by atomic mass is 32.2. The van der Waals surface area contributed by atoms with Gasteiger partial charge in [0.25, 0.3) is 5.91 Å². The smallest absolute Gasteiger partial charge is 0.259 e. The van der Waals surface area contributed by atoms with Crippen molar-refractivity contribution in [3.63, 3.8) is 0 Å². The maximum atomic E-state index is 11.9. The Morgan fingerprint density at radius 3 is 2.59 bits per heavy atom. The molecule has 2 aromatic carbocycles. The number of aliphatic imine (C=N–C) groups is 1. The number of carbonyl (C=O) groups excluding carboxylic acids is 1. The number of amides is 1. The number of hydrazone groups is 1. The zero-order chi connectivity index (χ0) is 18.9. The maximum Gasteiger partial charge on any atom is 0.259 e. The molecule has 0 fully saturated rings. The molecule has 0 aromatic heterocycles. The van der Waals surface area contributed by atoms with Crippen LogP contribution in [0.3, 0.4) is 0 Å². The maximum absolute atomic E-state index is 11.9. The number of hydrogen-bond donors (Lipinski definition) is 3. The van der Waals surface area contributed by atoms with Gasteiger partial charge in [-0.25, -0.2) is 5.43 Å². The topological polar surface area (TPSA) is 77.9 Å². The zero-order valence-electron chi connectivity index (χ0n) is 15.2. The first kappa shape index (κ1) is 19.0. The van der Waals surface area contributed by atoms with E-state index in [9.17, 15) is 4.79 Å². The quantitative estimate of drug-likeness (QED) is 0.528. The first-order valence-electron chi connectivity index (χ1n) is 8.87. The molecular weight excluding hydrogens is 358 g/mol. The van der Waals surface area contributed by atoms with Gasteiger partial charge in [0.1, 0.15) is 0 Å². The van der Waals surface area contributed by atoms with Crippen LogP contribution in [0.1, 0.15) is 18.9 Å². The van der Waals surface area contributed by atoms with Crippen molar-refractivity contribution in [1.82, 2.24) is 5.43 Å². The Morgan fingerprint density at radius 1 is 1.11 bits per heavy atom. The predicted molar refractivity (Wildman–Crippen MR) is 115 cm³/mol. The van der Waals surface area contributed by atoms with Crippen LogP contribution < -0.4 is 16.1 Å². The van der Waals surface area contributed by atoms with Crippen LogP contribution in [0, 0.1) is 0 Å². The summed E-state index contributed by atoms with van der Waals surface area (Å²) in [6.07, 6.45) is 1.14. The van der Waals surface area contributed by atoms with Crippen molar-refractivity contribution in [2.24, 2.45) is 10.1 Å². The van der Waals surface area contributed by atoms with E-state index in [1.807, 2.05) is 61.5 Å². The molecule has 3 N–H and O–H groups in total. The predicted octanol–water partition coefficient (Wildman–Crippen LogP) is 3.54. The van der Waals surface area contributed by atoms with Crippen LogP contribution in [0.15, 0.2) is 64.7 Å². The molecule has 1 amide bonds. The Balaban J connectivity index is 1.49. The van der Waals surface area contributed by atoms with E-state index >= 15 is 0 Å². The van der Waals surface area contributed by atoms with E-state index in [1.165, 1.54) is 0 Å². The van der Waals surface area contributed by atoms with Gasteiger partial charge >= 0.3 is 0 Å². The average molecular weight is 382 g/mol. The molecule has 0 spiro atoms. The van der Waals surface area contributed by atoms with Gasteiger partial charge in [0.05, 0.1) is 12.3 Å². The number of carbonyl (C=O) groups is 1. The Labute approximate surface area is 163 Å². The van der Waals surface area contributed by atoms with E-state index in [-0.39, 0.29) is 12.5 Å². The van der Waals surface area contributed by atoms with Crippen LogP contribution in [0.5, 0.6) is 0 Å². The van der Waals surface area contributed by atoms with Crippen molar-refractivity contribution in [2.45, 2.75) is 13.3 Å². The molecule has 1 aliphatic rings. The first-order chi connectivity index (χ1) is 13.2. The van der Waals surface area contributed by atoms with Crippen LogP contribution in [0.4, 0.5) is 11.4 Å². The summed E-state index contributed by atoms with van der Waals surface area (Å²) in [7, 11) is 0. The normalized spacial score (nSPS) is 14.3. The minimum atomic E-state index is -0.191. The highest BCUT2D eigenvalue weighted by molar-refractivity contribution is 8.14. The fourth-order valence-corrected chi connectivity index (χ4v) is 3.28. The summed E-state index contributed by atoms with van der Waals surface area (Å²) in [5, 5.41) is 11.5. The number of nitrogens with one attached hydrogen (secondary N) is 3. The molecule has 0 radical (unpaired) electrons. The lowest BCUT2D eigenvalue weighted by molar-refractivity contribution is -0.119. The van der Waals surface area contributed by atoms with Crippen LogP contribution in [-0.2, 0) is 4.79 Å². The summed E-state index contributed by atoms with van der Waals surface area (Å²) in [5.41, 5.74) is 6.18. The largest absolute Gasteiger partial charge is 0.376 e. The van der Waals surface area contributed by atoms with E-state index in [2.05, 4.69) is 26.2 Å². The van der Waals surface area contributed by atoms with Gasteiger partial charge in [-0.1, -0.05) is 42.1 Å². The summed E-state index contributed by atoms with van der Waals surface area (Å²) < 4.78 is 0. The van der Waals surface area contributed by atoms with Crippen LogP contribution in [-0.4, -0.2) is 35.6 Å². The average Bonchev–Trinajstić information content (AvgIpc) is 2.72. The highest BCUT2D eigenvalue weighted by Gasteiger charge is 2.06. The summed E-state index contributed by atoms with van der Waals surface area (Å²) in [6.45, 7) is 2.93. The Morgan fingerprint density at radius 2 is 1.89 bits per heavy atom. The molecule has 0 aliphatic carbocycles. The van der Waals surface area contributed by atoms with Gasteiger partial charge in [-0.3, -0.25) is 9.79 Å². The summed E-state index contributed by atoms with van der Waals surface area (Å²) in [4.78, 5) is 16.4. The third-order valence-corrected chi connectivity index (χ3v) is 4.92. The van der Waals surface area contributed by atoms with Gasteiger partial charge in [-0.05, 0) is 43.2 Å². The minimum absolute atomic E-state index is 0.170. The zero-order valence-corrected chi connectivity index (χ0v) is 16.1. The third-order valence-electron chi connectivity index (χ3n) is 3.93. The molecule has 0 unspecified atom stereocenters. The lowest BCUT2D eigenvalue weighted by Crippen LogP contribution is -2.26.